The molecule has 6 nitrogen and oxygen atoms in total. The van der Waals surface area contributed by atoms with E-state index in [9.17, 15) is 0 Å². The Balaban J connectivity index is 1.90. The van der Waals surface area contributed by atoms with E-state index < -0.39 is 0 Å². The molecule has 0 saturated carbocycles. The number of nitrogens with one attached hydrogen (secondary N) is 1. The number of fused-ring (bicyclic) bond motifs is 1. The molecule has 0 radical (unpaired) electrons. The molecule has 22 heavy (non-hydrogen) atoms. The molecule has 0 atom stereocenters. The minimum atomic E-state index is 0.165. The topological polar surface area (TPSA) is 64.9 Å². The van der Waals surface area contributed by atoms with Gasteiger partial charge < -0.3 is 10.1 Å². The third-order valence-corrected chi connectivity index (χ3v) is 3.28. The van der Waals surface area contributed by atoms with Crippen molar-refractivity contribution in [2.45, 2.75) is 26.9 Å². The maximum atomic E-state index is 5.65. The second-order valence-electron chi connectivity index (χ2n) is 5.45. The van der Waals surface area contributed by atoms with Gasteiger partial charge in [0.05, 0.1) is 17.2 Å². The van der Waals surface area contributed by atoms with Crippen LogP contribution < -0.4 is 10.1 Å². The van der Waals surface area contributed by atoms with Crippen LogP contribution in [0.2, 0.25) is 0 Å². The van der Waals surface area contributed by atoms with Gasteiger partial charge in [-0.15, -0.1) is 0 Å². The van der Waals surface area contributed by atoms with Gasteiger partial charge in [0.25, 0.3) is 0 Å². The fraction of sp³-hybridized carbons (Fsp3) is 0.312. The van der Waals surface area contributed by atoms with Crippen molar-refractivity contribution < 1.29 is 4.74 Å². The van der Waals surface area contributed by atoms with Crippen LogP contribution in [0, 0.1) is 6.92 Å². The van der Waals surface area contributed by atoms with Crippen LogP contribution in [-0.2, 0) is 7.05 Å². The summed E-state index contributed by atoms with van der Waals surface area (Å²) in [4.78, 5) is 8.62. The Kier molecular flexibility index (Phi) is 3.66. The highest BCUT2D eigenvalue weighted by atomic mass is 16.5. The Hall–Kier alpha value is -2.63. The highest BCUT2D eigenvalue weighted by Gasteiger charge is 2.12. The van der Waals surface area contributed by atoms with Gasteiger partial charge in [0.2, 0.25) is 0 Å². The molecule has 3 aromatic rings. The fourth-order valence-corrected chi connectivity index (χ4v) is 2.40. The third kappa shape index (κ3) is 2.72. The number of aryl methyl sites for hydroxylation is 2. The SMILES string of the molecule is Cc1nn(C)c2ncnc(Nc3ccc(OC(C)C)cc3)c12. The summed E-state index contributed by atoms with van der Waals surface area (Å²) in [6, 6.07) is 7.82. The van der Waals surface area contributed by atoms with E-state index in [0.717, 1.165) is 34.0 Å². The van der Waals surface area contributed by atoms with Gasteiger partial charge >= 0.3 is 0 Å². The number of anilines is 2. The van der Waals surface area contributed by atoms with E-state index in [4.69, 9.17) is 4.74 Å². The average molecular weight is 297 g/mol. The van der Waals surface area contributed by atoms with E-state index in [-0.39, 0.29) is 6.10 Å². The smallest absolute Gasteiger partial charge is 0.163 e. The molecular formula is C16H19N5O. The Morgan fingerprint density at radius 2 is 1.86 bits per heavy atom. The van der Waals surface area contributed by atoms with Gasteiger partial charge in [0.15, 0.2) is 5.65 Å². The van der Waals surface area contributed by atoms with Crippen molar-refractivity contribution in [2.24, 2.45) is 7.05 Å². The molecule has 6 heteroatoms. The number of aromatic nitrogens is 4. The first kappa shape index (κ1) is 14.3. The maximum Gasteiger partial charge on any atom is 0.163 e. The number of hydrogen-bond donors (Lipinski definition) is 1. The molecule has 0 spiro atoms. The molecule has 0 fully saturated rings. The Morgan fingerprint density at radius 1 is 1.14 bits per heavy atom. The summed E-state index contributed by atoms with van der Waals surface area (Å²) in [5.74, 6) is 1.61. The van der Waals surface area contributed by atoms with Crippen LogP contribution in [0.5, 0.6) is 5.75 Å². The van der Waals surface area contributed by atoms with Crippen molar-refractivity contribution in [1.82, 2.24) is 19.7 Å². The lowest BCUT2D eigenvalue weighted by Crippen LogP contribution is -2.05. The molecule has 0 aliphatic carbocycles. The van der Waals surface area contributed by atoms with Crippen LogP contribution in [0.15, 0.2) is 30.6 Å². The summed E-state index contributed by atoms with van der Waals surface area (Å²) in [5.41, 5.74) is 2.66. The third-order valence-electron chi connectivity index (χ3n) is 3.28. The highest BCUT2D eigenvalue weighted by molar-refractivity contribution is 5.90. The number of hydrogen-bond acceptors (Lipinski definition) is 5. The van der Waals surface area contributed by atoms with Crippen molar-refractivity contribution in [3.8, 4) is 5.75 Å². The van der Waals surface area contributed by atoms with E-state index in [1.807, 2.05) is 52.1 Å². The van der Waals surface area contributed by atoms with Crippen LogP contribution in [0.1, 0.15) is 19.5 Å². The lowest BCUT2D eigenvalue weighted by molar-refractivity contribution is 0.242. The van der Waals surface area contributed by atoms with E-state index in [1.54, 1.807) is 11.0 Å². The standard InChI is InChI=1S/C16H19N5O/c1-10(2)22-13-7-5-12(6-8-13)19-15-14-11(3)20-21(4)16(14)18-9-17-15/h5-10H,1-4H3,(H,17,18,19). The first-order valence-electron chi connectivity index (χ1n) is 7.22. The van der Waals surface area contributed by atoms with Crippen LogP contribution in [0.4, 0.5) is 11.5 Å². The van der Waals surface area contributed by atoms with Crippen molar-refractivity contribution in [3.63, 3.8) is 0 Å². The van der Waals surface area contributed by atoms with Crippen molar-refractivity contribution in [3.05, 3.63) is 36.3 Å². The first-order chi connectivity index (χ1) is 10.5. The summed E-state index contributed by atoms with van der Waals surface area (Å²) in [5, 5.41) is 8.65. The minimum absolute atomic E-state index is 0.165. The summed E-state index contributed by atoms with van der Waals surface area (Å²) >= 11 is 0. The second-order valence-corrected chi connectivity index (χ2v) is 5.45. The van der Waals surface area contributed by atoms with E-state index in [2.05, 4.69) is 20.4 Å². The predicted octanol–water partition coefficient (Wildman–Crippen LogP) is 3.20. The molecule has 2 aromatic heterocycles. The van der Waals surface area contributed by atoms with Gasteiger partial charge in [-0.1, -0.05) is 0 Å². The first-order valence-corrected chi connectivity index (χ1v) is 7.22. The Morgan fingerprint density at radius 3 is 2.55 bits per heavy atom. The zero-order valence-electron chi connectivity index (χ0n) is 13.2. The molecule has 0 saturated heterocycles. The second kappa shape index (κ2) is 5.63. The van der Waals surface area contributed by atoms with Crippen LogP contribution >= 0.6 is 0 Å². The molecule has 1 aromatic carbocycles. The molecule has 2 heterocycles. The van der Waals surface area contributed by atoms with Gasteiger partial charge in [-0.2, -0.15) is 5.10 Å². The van der Waals surface area contributed by atoms with Crippen molar-refractivity contribution in [1.29, 1.82) is 0 Å². The van der Waals surface area contributed by atoms with Gasteiger partial charge in [0, 0.05) is 12.7 Å². The van der Waals surface area contributed by atoms with E-state index in [1.165, 1.54) is 0 Å². The Labute approximate surface area is 129 Å². The number of benzene rings is 1. The van der Waals surface area contributed by atoms with Crippen molar-refractivity contribution >= 4 is 22.5 Å². The zero-order chi connectivity index (χ0) is 15.7. The minimum Gasteiger partial charge on any atom is -0.491 e. The maximum absolute atomic E-state index is 5.65. The van der Waals surface area contributed by atoms with Crippen molar-refractivity contribution in [2.75, 3.05) is 5.32 Å². The fourth-order valence-electron chi connectivity index (χ4n) is 2.40. The summed E-state index contributed by atoms with van der Waals surface area (Å²) < 4.78 is 7.41. The molecule has 114 valence electrons. The summed E-state index contributed by atoms with van der Waals surface area (Å²) in [6.45, 7) is 5.97. The molecule has 0 aliphatic heterocycles. The Bertz CT molecular complexity index is 792. The highest BCUT2D eigenvalue weighted by Crippen LogP contribution is 2.26. The number of rotatable bonds is 4. The number of nitrogens with zero attached hydrogens (tertiary/aromatic N) is 4. The summed E-state index contributed by atoms with van der Waals surface area (Å²) in [6.07, 6.45) is 1.71. The largest absolute Gasteiger partial charge is 0.491 e. The predicted molar refractivity (Wildman–Crippen MR) is 86.5 cm³/mol. The van der Waals surface area contributed by atoms with Gasteiger partial charge in [0.1, 0.15) is 17.9 Å². The van der Waals surface area contributed by atoms with Gasteiger partial charge in [-0.05, 0) is 45.0 Å². The zero-order valence-corrected chi connectivity index (χ0v) is 13.2. The van der Waals surface area contributed by atoms with Crippen LogP contribution in [-0.4, -0.2) is 25.9 Å². The van der Waals surface area contributed by atoms with Crippen LogP contribution in [0.25, 0.3) is 11.0 Å². The lowest BCUT2D eigenvalue weighted by Gasteiger charge is -2.11. The van der Waals surface area contributed by atoms with E-state index in [0.29, 0.717) is 0 Å². The van der Waals surface area contributed by atoms with Gasteiger partial charge in [-0.3, -0.25) is 4.68 Å². The molecular weight excluding hydrogens is 278 g/mol. The monoisotopic (exact) mass is 297 g/mol. The molecule has 3 rings (SSSR count). The van der Waals surface area contributed by atoms with E-state index >= 15 is 0 Å². The molecule has 0 amide bonds. The van der Waals surface area contributed by atoms with Gasteiger partial charge in [-0.25, -0.2) is 9.97 Å². The number of ether oxygens (including phenoxy) is 1. The quantitative estimate of drug-likeness (QED) is 0.801. The molecule has 1 N–H and O–H groups in total. The van der Waals surface area contributed by atoms with Crippen LogP contribution in [0.3, 0.4) is 0 Å². The molecule has 0 aliphatic rings. The molecule has 0 bridgehead atoms. The lowest BCUT2D eigenvalue weighted by atomic mass is 10.2. The molecule has 0 unspecified atom stereocenters. The average Bonchev–Trinajstić information content (AvgIpc) is 2.77. The normalized spacial score (nSPS) is 11.1. The summed E-state index contributed by atoms with van der Waals surface area (Å²) in [7, 11) is 1.88.